The molecule has 5 heterocycles. The van der Waals surface area contributed by atoms with Gasteiger partial charge in [0.25, 0.3) is 0 Å². The molecule has 5 aromatic heterocycles. The summed E-state index contributed by atoms with van der Waals surface area (Å²) in [7, 11) is 0. The van der Waals surface area contributed by atoms with Crippen LogP contribution in [0.4, 0.5) is 5.69 Å². The van der Waals surface area contributed by atoms with Crippen LogP contribution in [-0.2, 0) is 19.4 Å². The van der Waals surface area contributed by atoms with Gasteiger partial charge in [-0.3, -0.25) is 14.8 Å². The number of rotatable bonds is 4. The fourth-order valence-corrected chi connectivity index (χ4v) is 5.46. The molecule has 0 bridgehead atoms. The molecule has 0 amide bonds. The molecule has 1 aliphatic rings. The standard InChI is InChI=1S/C20H17N7O3S/c1-11-2-4-14-16(6-11)31-20-17(14)19-23-18(24-26(19)10-21-20)15-5-3-13(30-15)9-25-8-12(7-22-25)27(28)29/h3,5,7-8,10-11H,2,4,6,9H2,1H3/t11-/m1/s1. The van der Waals surface area contributed by atoms with Crippen LogP contribution in [0.3, 0.4) is 0 Å². The average Bonchev–Trinajstić information content (AvgIpc) is 3.51. The molecule has 0 aliphatic heterocycles. The van der Waals surface area contributed by atoms with E-state index in [2.05, 4.69) is 22.1 Å². The molecule has 0 saturated heterocycles. The lowest BCUT2D eigenvalue weighted by Gasteiger charge is -2.17. The van der Waals surface area contributed by atoms with Gasteiger partial charge in [-0.05, 0) is 42.9 Å². The zero-order chi connectivity index (χ0) is 21.1. The van der Waals surface area contributed by atoms with Crippen LogP contribution in [0.15, 0.2) is 35.3 Å². The molecule has 0 aromatic carbocycles. The number of thiophene rings is 1. The van der Waals surface area contributed by atoms with Crippen LogP contribution in [-0.4, -0.2) is 34.3 Å². The first-order chi connectivity index (χ1) is 15.0. The summed E-state index contributed by atoms with van der Waals surface area (Å²) in [5.41, 5.74) is 2.10. The molecule has 156 valence electrons. The molecule has 10 nitrogen and oxygen atoms in total. The molecule has 0 radical (unpaired) electrons. The van der Waals surface area contributed by atoms with Gasteiger partial charge in [0.1, 0.15) is 29.3 Å². The Bertz CT molecular complexity index is 1460. The van der Waals surface area contributed by atoms with Crippen LogP contribution in [0, 0.1) is 16.0 Å². The Morgan fingerprint density at radius 1 is 1.39 bits per heavy atom. The number of nitro groups is 1. The second-order valence-corrected chi connectivity index (χ2v) is 8.98. The Labute approximate surface area is 179 Å². The summed E-state index contributed by atoms with van der Waals surface area (Å²) in [6, 6.07) is 3.60. The Hall–Kier alpha value is -3.60. The quantitative estimate of drug-likeness (QED) is 0.310. The van der Waals surface area contributed by atoms with Crippen molar-refractivity contribution in [2.75, 3.05) is 0 Å². The third-order valence-electron chi connectivity index (χ3n) is 5.66. The fourth-order valence-electron chi connectivity index (χ4n) is 4.12. The normalized spacial score (nSPS) is 16.2. The molecule has 5 aromatic rings. The van der Waals surface area contributed by atoms with E-state index in [9.17, 15) is 10.1 Å². The maximum Gasteiger partial charge on any atom is 0.307 e. The lowest BCUT2D eigenvalue weighted by Crippen LogP contribution is -2.08. The largest absolute Gasteiger partial charge is 0.456 e. The molecule has 0 fully saturated rings. The van der Waals surface area contributed by atoms with E-state index in [1.165, 1.54) is 33.9 Å². The molecule has 11 heteroatoms. The maximum absolute atomic E-state index is 10.8. The number of aryl methyl sites for hydroxylation is 1. The Morgan fingerprint density at radius 3 is 3.13 bits per heavy atom. The van der Waals surface area contributed by atoms with Gasteiger partial charge in [0, 0.05) is 4.88 Å². The summed E-state index contributed by atoms with van der Waals surface area (Å²) >= 11 is 1.76. The predicted molar refractivity (Wildman–Crippen MR) is 113 cm³/mol. The molecule has 0 unspecified atom stereocenters. The van der Waals surface area contributed by atoms with Crippen molar-refractivity contribution in [3.63, 3.8) is 0 Å². The van der Waals surface area contributed by atoms with E-state index >= 15 is 0 Å². The van der Waals surface area contributed by atoms with Crippen LogP contribution in [0.25, 0.3) is 27.4 Å². The molecule has 0 N–H and O–H groups in total. The minimum Gasteiger partial charge on any atom is -0.456 e. The topological polar surface area (TPSA) is 117 Å². The molecule has 0 saturated carbocycles. The first-order valence-corrected chi connectivity index (χ1v) is 10.8. The summed E-state index contributed by atoms with van der Waals surface area (Å²) in [6.45, 7) is 2.57. The molecule has 1 aliphatic carbocycles. The van der Waals surface area contributed by atoms with Gasteiger partial charge >= 0.3 is 5.69 Å². The molecule has 6 rings (SSSR count). The maximum atomic E-state index is 10.8. The third-order valence-corrected chi connectivity index (χ3v) is 6.82. The van der Waals surface area contributed by atoms with Crippen LogP contribution in [0.1, 0.15) is 29.5 Å². The first-order valence-electron chi connectivity index (χ1n) is 9.96. The third kappa shape index (κ3) is 3.00. The monoisotopic (exact) mass is 435 g/mol. The smallest absolute Gasteiger partial charge is 0.307 e. The second kappa shape index (κ2) is 6.71. The summed E-state index contributed by atoms with van der Waals surface area (Å²) < 4.78 is 9.08. The zero-order valence-electron chi connectivity index (χ0n) is 16.6. The van der Waals surface area contributed by atoms with E-state index < -0.39 is 4.92 Å². The highest BCUT2D eigenvalue weighted by molar-refractivity contribution is 7.19. The summed E-state index contributed by atoms with van der Waals surface area (Å²) in [4.78, 5) is 22.1. The van der Waals surface area contributed by atoms with Gasteiger partial charge in [-0.1, -0.05) is 6.92 Å². The van der Waals surface area contributed by atoms with E-state index in [0.29, 0.717) is 23.3 Å². The lowest BCUT2D eigenvalue weighted by atomic mass is 9.89. The Morgan fingerprint density at radius 2 is 2.29 bits per heavy atom. The van der Waals surface area contributed by atoms with Crippen molar-refractivity contribution in [1.82, 2.24) is 29.4 Å². The lowest BCUT2D eigenvalue weighted by molar-refractivity contribution is -0.385. The number of hydrogen-bond acceptors (Lipinski definition) is 8. The van der Waals surface area contributed by atoms with Gasteiger partial charge in [-0.25, -0.2) is 14.5 Å². The van der Waals surface area contributed by atoms with Crippen molar-refractivity contribution >= 4 is 32.9 Å². The fraction of sp³-hybridized carbons (Fsp3) is 0.300. The summed E-state index contributed by atoms with van der Waals surface area (Å²) in [5.74, 6) is 2.32. The number of fused-ring (bicyclic) bond motifs is 5. The molecular weight excluding hydrogens is 418 g/mol. The van der Waals surface area contributed by atoms with Crippen LogP contribution in [0.2, 0.25) is 0 Å². The number of hydrogen-bond donors (Lipinski definition) is 0. The molecular formula is C20H17N7O3S. The minimum absolute atomic E-state index is 0.0567. The average molecular weight is 435 g/mol. The van der Waals surface area contributed by atoms with Gasteiger partial charge in [0.2, 0.25) is 5.82 Å². The van der Waals surface area contributed by atoms with Gasteiger partial charge < -0.3 is 4.42 Å². The first kappa shape index (κ1) is 18.2. The van der Waals surface area contributed by atoms with E-state index in [1.54, 1.807) is 34.3 Å². The van der Waals surface area contributed by atoms with Crippen molar-refractivity contribution in [2.45, 2.75) is 32.7 Å². The number of nitrogens with zero attached hydrogens (tertiary/aromatic N) is 7. The molecule has 31 heavy (non-hydrogen) atoms. The molecule has 0 spiro atoms. The molecule has 1 atom stereocenters. The van der Waals surface area contributed by atoms with E-state index in [-0.39, 0.29) is 12.2 Å². The van der Waals surface area contributed by atoms with Crippen molar-refractivity contribution in [2.24, 2.45) is 5.92 Å². The number of aromatic nitrogens is 6. The van der Waals surface area contributed by atoms with E-state index in [4.69, 9.17) is 9.40 Å². The Kier molecular flexibility index (Phi) is 3.93. The van der Waals surface area contributed by atoms with E-state index in [1.807, 2.05) is 0 Å². The van der Waals surface area contributed by atoms with Crippen molar-refractivity contribution in [1.29, 1.82) is 0 Å². The summed E-state index contributed by atoms with van der Waals surface area (Å²) in [5, 5.41) is 20.5. The zero-order valence-corrected chi connectivity index (χ0v) is 17.4. The van der Waals surface area contributed by atoms with Gasteiger partial charge in [-0.15, -0.1) is 16.4 Å². The number of furan rings is 1. The highest BCUT2D eigenvalue weighted by Gasteiger charge is 2.24. The van der Waals surface area contributed by atoms with Crippen LogP contribution < -0.4 is 0 Å². The SMILES string of the molecule is C[C@@H]1CCc2c(sc3ncn4nc(-c5ccc(Cn6cc([N+](=O)[O-])cn6)o5)nc4c23)C1. The highest BCUT2D eigenvalue weighted by atomic mass is 32.1. The van der Waals surface area contributed by atoms with Crippen molar-refractivity contribution in [3.05, 3.63) is 57.2 Å². The minimum atomic E-state index is -0.476. The van der Waals surface area contributed by atoms with Gasteiger partial charge in [-0.2, -0.15) is 5.10 Å². The van der Waals surface area contributed by atoms with Gasteiger partial charge in [0.05, 0.1) is 16.9 Å². The van der Waals surface area contributed by atoms with Crippen molar-refractivity contribution in [3.8, 4) is 11.6 Å². The van der Waals surface area contributed by atoms with Crippen molar-refractivity contribution < 1.29 is 9.34 Å². The second-order valence-electron chi connectivity index (χ2n) is 7.90. The Balaban J connectivity index is 1.36. The highest BCUT2D eigenvalue weighted by Crippen LogP contribution is 2.38. The van der Waals surface area contributed by atoms with Gasteiger partial charge in [0.15, 0.2) is 11.4 Å². The van der Waals surface area contributed by atoms with Crippen LogP contribution in [0.5, 0.6) is 0 Å². The van der Waals surface area contributed by atoms with E-state index in [0.717, 1.165) is 28.7 Å². The summed E-state index contributed by atoms with van der Waals surface area (Å²) in [6.07, 6.45) is 7.60. The predicted octanol–water partition coefficient (Wildman–Crippen LogP) is 3.88. The van der Waals surface area contributed by atoms with Crippen LogP contribution >= 0.6 is 11.3 Å².